The number of nitrogens with zero attached hydrogens (tertiary/aromatic N) is 1. The molecule has 2 rings (SSSR count). The van der Waals surface area contributed by atoms with Crippen LogP contribution in [0.25, 0.3) is 0 Å². The number of benzene rings is 1. The quantitative estimate of drug-likeness (QED) is 0.852. The number of hydrogen-bond acceptors (Lipinski definition) is 3. The molecule has 0 aliphatic carbocycles. The van der Waals surface area contributed by atoms with Crippen molar-refractivity contribution < 1.29 is 4.74 Å². The van der Waals surface area contributed by atoms with Gasteiger partial charge in [0.2, 0.25) is 0 Å². The minimum absolute atomic E-state index is 0.727. The third kappa shape index (κ3) is 2.31. The Hall–Kier alpha value is -2.03. The van der Waals surface area contributed by atoms with Gasteiger partial charge in [0.1, 0.15) is 5.75 Å². The summed E-state index contributed by atoms with van der Waals surface area (Å²) in [6.45, 7) is 0. The van der Waals surface area contributed by atoms with E-state index in [0.717, 1.165) is 23.4 Å². The van der Waals surface area contributed by atoms with Crippen LogP contribution in [0.2, 0.25) is 0 Å². The Morgan fingerprint density at radius 3 is 2.94 bits per heavy atom. The second-order valence-electron chi connectivity index (χ2n) is 3.60. The van der Waals surface area contributed by atoms with Gasteiger partial charge in [-0.1, -0.05) is 12.1 Å². The zero-order valence-electron chi connectivity index (χ0n) is 9.18. The van der Waals surface area contributed by atoms with Crippen molar-refractivity contribution >= 4 is 5.69 Å². The summed E-state index contributed by atoms with van der Waals surface area (Å²) in [6, 6.07) is 9.92. The number of anilines is 1. The molecule has 2 N–H and O–H groups in total. The summed E-state index contributed by atoms with van der Waals surface area (Å²) in [5, 5.41) is 0. The molecule has 0 fully saturated rings. The highest BCUT2D eigenvalue weighted by molar-refractivity contribution is 5.46. The standard InChI is InChI=1S/C13H14N2O/c1-16-12-4-2-3-10(8-12)7-11-5-6-15-9-13(11)14/h2-6,8-9H,7,14H2,1H3. The highest BCUT2D eigenvalue weighted by Crippen LogP contribution is 2.18. The molecular weight excluding hydrogens is 200 g/mol. The fourth-order valence-corrected chi connectivity index (χ4v) is 1.60. The van der Waals surface area contributed by atoms with Crippen LogP contribution in [-0.2, 0) is 6.42 Å². The van der Waals surface area contributed by atoms with Crippen molar-refractivity contribution in [2.24, 2.45) is 0 Å². The molecule has 0 amide bonds. The smallest absolute Gasteiger partial charge is 0.119 e. The zero-order valence-corrected chi connectivity index (χ0v) is 9.18. The van der Waals surface area contributed by atoms with Crippen molar-refractivity contribution in [1.82, 2.24) is 4.98 Å². The van der Waals surface area contributed by atoms with Crippen LogP contribution in [0, 0.1) is 0 Å². The maximum absolute atomic E-state index is 5.85. The Labute approximate surface area is 94.9 Å². The molecule has 0 aliphatic heterocycles. The fraction of sp³-hybridized carbons (Fsp3) is 0.154. The van der Waals surface area contributed by atoms with Crippen molar-refractivity contribution in [2.75, 3.05) is 12.8 Å². The number of nitrogen functional groups attached to an aromatic ring is 1. The van der Waals surface area contributed by atoms with E-state index >= 15 is 0 Å². The minimum atomic E-state index is 0.727. The first-order chi connectivity index (χ1) is 7.79. The van der Waals surface area contributed by atoms with E-state index in [0.29, 0.717) is 0 Å². The summed E-state index contributed by atoms with van der Waals surface area (Å²) in [7, 11) is 1.67. The summed E-state index contributed by atoms with van der Waals surface area (Å²) in [5.74, 6) is 0.866. The molecule has 0 unspecified atom stereocenters. The largest absolute Gasteiger partial charge is 0.497 e. The third-order valence-corrected chi connectivity index (χ3v) is 2.47. The van der Waals surface area contributed by atoms with Gasteiger partial charge in [-0.05, 0) is 35.7 Å². The molecule has 0 atom stereocenters. The molecule has 1 heterocycles. The molecular formula is C13H14N2O. The van der Waals surface area contributed by atoms with E-state index < -0.39 is 0 Å². The Kier molecular flexibility index (Phi) is 3.05. The molecule has 82 valence electrons. The Morgan fingerprint density at radius 2 is 2.19 bits per heavy atom. The van der Waals surface area contributed by atoms with Crippen LogP contribution in [0.1, 0.15) is 11.1 Å². The average molecular weight is 214 g/mol. The molecule has 0 spiro atoms. The highest BCUT2D eigenvalue weighted by Gasteiger charge is 2.01. The van der Waals surface area contributed by atoms with Gasteiger partial charge in [-0.3, -0.25) is 4.98 Å². The van der Waals surface area contributed by atoms with Gasteiger partial charge in [-0.15, -0.1) is 0 Å². The summed E-state index contributed by atoms with van der Waals surface area (Å²) in [4.78, 5) is 3.97. The van der Waals surface area contributed by atoms with Gasteiger partial charge < -0.3 is 10.5 Å². The van der Waals surface area contributed by atoms with E-state index in [1.165, 1.54) is 5.56 Å². The molecule has 0 aliphatic rings. The molecule has 1 aromatic carbocycles. The normalized spacial score (nSPS) is 10.1. The van der Waals surface area contributed by atoms with Crippen molar-refractivity contribution in [3.63, 3.8) is 0 Å². The van der Waals surface area contributed by atoms with Crippen molar-refractivity contribution in [3.05, 3.63) is 53.9 Å². The van der Waals surface area contributed by atoms with Crippen LogP contribution in [0.15, 0.2) is 42.7 Å². The number of hydrogen-bond donors (Lipinski definition) is 1. The van der Waals surface area contributed by atoms with E-state index in [1.807, 2.05) is 24.3 Å². The SMILES string of the molecule is COc1cccc(Cc2ccncc2N)c1. The number of aromatic nitrogens is 1. The van der Waals surface area contributed by atoms with Gasteiger partial charge in [0.05, 0.1) is 19.0 Å². The van der Waals surface area contributed by atoms with Crippen LogP contribution in [-0.4, -0.2) is 12.1 Å². The number of pyridine rings is 1. The van der Waals surface area contributed by atoms with E-state index in [1.54, 1.807) is 19.5 Å². The molecule has 2 aromatic rings. The highest BCUT2D eigenvalue weighted by atomic mass is 16.5. The van der Waals surface area contributed by atoms with Crippen LogP contribution in [0.5, 0.6) is 5.75 Å². The van der Waals surface area contributed by atoms with Crippen molar-refractivity contribution in [3.8, 4) is 5.75 Å². The number of ether oxygens (including phenoxy) is 1. The van der Waals surface area contributed by atoms with Crippen molar-refractivity contribution in [1.29, 1.82) is 0 Å². The predicted octanol–water partition coefficient (Wildman–Crippen LogP) is 2.26. The van der Waals surface area contributed by atoms with Crippen molar-refractivity contribution in [2.45, 2.75) is 6.42 Å². The first-order valence-corrected chi connectivity index (χ1v) is 5.11. The molecule has 0 bridgehead atoms. The van der Waals surface area contributed by atoms with Crippen LogP contribution >= 0.6 is 0 Å². The van der Waals surface area contributed by atoms with Crippen LogP contribution in [0.3, 0.4) is 0 Å². The lowest BCUT2D eigenvalue weighted by atomic mass is 10.0. The maximum atomic E-state index is 5.85. The lowest BCUT2D eigenvalue weighted by Gasteiger charge is -2.06. The van der Waals surface area contributed by atoms with Crippen LogP contribution in [0.4, 0.5) is 5.69 Å². The fourth-order valence-electron chi connectivity index (χ4n) is 1.60. The minimum Gasteiger partial charge on any atom is -0.497 e. The van der Waals surface area contributed by atoms with E-state index in [9.17, 15) is 0 Å². The lowest BCUT2D eigenvalue weighted by Crippen LogP contribution is -1.96. The van der Waals surface area contributed by atoms with E-state index in [4.69, 9.17) is 10.5 Å². The summed E-state index contributed by atoms with van der Waals surface area (Å²) < 4.78 is 5.18. The topological polar surface area (TPSA) is 48.1 Å². The van der Waals surface area contributed by atoms with Gasteiger partial charge in [0.15, 0.2) is 0 Å². The number of methoxy groups -OCH3 is 1. The Morgan fingerprint density at radius 1 is 1.31 bits per heavy atom. The second kappa shape index (κ2) is 4.66. The van der Waals surface area contributed by atoms with Gasteiger partial charge >= 0.3 is 0 Å². The van der Waals surface area contributed by atoms with E-state index in [2.05, 4.69) is 11.1 Å². The summed E-state index contributed by atoms with van der Waals surface area (Å²) >= 11 is 0. The molecule has 3 nitrogen and oxygen atoms in total. The van der Waals surface area contributed by atoms with Gasteiger partial charge in [-0.2, -0.15) is 0 Å². The molecule has 0 saturated heterocycles. The number of rotatable bonds is 3. The first-order valence-electron chi connectivity index (χ1n) is 5.11. The monoisotopic (exact) mass is 214 g/mol. The maximum Gasteiger partial charge on any atom is 0.119 e. The predicted molar refractivity (Wildman–Crippen MR) is 64.4 cm³/mol. The second-order valence-corrected chi connectivity index (χ2v) is 3.60. The van der Waals surface area contributed by atoms with Gasteiger partial charge in [0, 0.05) is 6.20 Å². The zero-order chi connectivity index (χ0) is 11.4. The summed E-state index contributed by atoms with van der Waals surface area (Å²) in [6.07, 6.45) is 4.23. The lowest BCUT2D eigenvalue weighted by molar-refractivity contribution is 0.414. The summed E-state index contributed by atoms with van der Waals surface area (Å²) in [5.41, 5.74) is 8.84. The van der Waals surface area contributed by atoms with Gasteiger partial charge in [0.25, 0.3) is 0 Å². The molecule has 1 aromatic heterocycles. The Balaban J connectivity index is 2.24. The molecule has 16 heavy (non-hydrogen) atoms. The molecule has 0 saturated carbocycles. The Bertz CT molecular complexity index is 483. The number of nitrogens with two attached hydrogens (primary N) is 1. The van der Waals surface area contributed by atoms with Crippen LogP contribution < -0.4 is 10.5 Å². The average Bonchev–Trinajstić information content (AvgIpc) is 2.32. The molecule has 3 heteroatoms. The van der Waals surface area contributed by atoms with Gasteiger partial charge in [-0.25, -0.2) is 0 Å². The molecule has 0 radical (unpaired) electrons. The third-order valence-electron chi connectivity index (χ3n) is 2.47. The first kappa shape index (κ1) is 10.5. The van der Waals surface area contributed by atoms with E-state index in [-0.39, 0.29) is 0 Å².